The summed E-state index contributed by atoms with van der Waals surface area (Å²) in [6.07, 6.45) is 16.3. The van der Waals surface area contributed by atoms with Gasteiger partial charge in [-0.1, -0.05) is 69.2 Å². The zero-order chi connectivity index (χ0) is 16.3. The molecule has 1 unspecified atom stereocenters. The topological polar surface area (TPSA) is 0 Å². The van der Waals surface area contributed by atoms with Crippen LogP contribution in [0.25, 0.3) is 0 Å². The first-order valence-electron chi connectivity index (χ1n) is 8.25. The van der Waals surface area contributed by atoms with E-state index in [-0.39, 0.29) is 0 Å². The highest BCUT2D eigenvalue weighted by atomic mass is 127. The molecular weight excluding hydrogens is 398 g/mol. The van der Waals surface area contributed by atoms with Gasteiger partial charge in [0.05, 0.1) is 11.5 Å². The van der Waals surface area contributed by atoms with Crippen LogP contribution in [0.2, 0.25) is 0 Å². The minimum atomic E-state index is -1.26. The Hall–Kier alpha value is -0.400. The van der Waals surface area contributed by atoms with Crippen LogP contribution in [0.4, 0.5) is 0 Å². The average molecular weight is 427 g/mol. The Balaban J connectivity index is 2.87. The predicted octanol–water partition coefficient (Wildman–Crippen LogP) is 7.30. The first-order valence-corrected chi connectivity index (χ1v) is 13.0. The normalized spacial score (nSPS) is 15.0. The molecule has 0 aliphatic carbocycles. The molecule has 0 N–H and O–H groups in total. The third-order valence-corrected chi connectivity index (χ3v) is 12.6. The molecule has 0 amide bonds. The van der Waals surface area contributed by atoms with E-state index in [4.69, 9.17) is 0 Å². The van der Waals surface area contributed by atoms with Crippen molar-refractivity contribution in [1.82, 2.24) is 0 Å². The summed E-state index contributed by atoms with van der Waals surface area (Å²) in [4.78, 5) is -1.26. The van der Waals surface area contributed by atoms with Crippen molar-refractivity contribution >= 4 is 32.3 Å². The minimum Gasteiger partial charge on any atom is -0.0991 e. The lowest BCUT2D eigenvalue weighted by molar-refractivity contribution is 0.658. The Labute approximate surface area is 150 Å². The average Bonchev–Trinajstić information content (AvgIpc) is 2.55. The van der Waals surface area contributed by atoms with Gasteiger partial charge in [-0.05, 0) is 38.0 Å². The largest absolute Gasteiger partial charge is 0.166 e. The number of hydrogen-bond acceptors (Lipinski definition) is 0. The van der Waals surface area contributed by atoms with Gasteiger partial charge in [0.1, 0.15) is 10.2 Å². The number of halogens is 1. The fraction of sp³-hybridized carbons (Fsp3) is 0.400. The number of unbranched alkanes of at least 4 members (excludes halogenated alkanes) is 4. The molecule has 0 saturated carbocycles. The summed E-state index contributed by atoms with van der Waals surface area (Å²) in [5.74, 6) is 0. The summed E-state index contributed by atoms with van der Waals surface area (Å²) in [6.45, 7) is 8.32. The Bertz CT molecular complexity index is 490. The highest BCUT2D eigenvalue weighted by molar-refractivity contribution is 14.2. The number of rotatable bonds is 10. The number of benzene rings is 1. The fourth-order valence-electron chi connectivity index (χ4n) is 2.50. The molecule has 1 atom stereocenters. The Kier molecular flexibility index (Phi) is 9.99. The van der Waals surface area contributed by atoms with Crippen LogP contribution in [0.15, 0.2) is 66.5 Å². The molecule has 1 rings (SSSR count). The monoisotopic (exact) mass is 427 g/mol. The van der Waals surface area contributed by atoms with E-state index in [1.165, 1.54) is 48.9 Å². The summed E-state index contributed by atoms with van der Waals surface area (Å²) in [6, 6.07) is 11.1. The first-order chi connectivity index (χ1) is 10.6. The molecule has 0 aromatic heterocycles. The molecule has 22 heavy (non-hydrogen) atoms. The predicted molar refractivity (Wildman–Crippen MR) is 114 cm³/mol. The van der Waals surface area contributed by atoms with Crippen molar-refractivity contribution in [3.8, 4) is 0 Å². The summed E-state index contributed by atoms with van der Waals surface area (Å²) >= 11 is 2.76. The van der Waals surface area contributed by atoms with Crippen LogP contribution < -0.4 is 5.30 Å². The van der Waals surface area contributed by atoms with E-state index in [2.05, 4.69) is 85.0 Å². The molecule has 0 bridgehead atoms. The second-order valence-corrected chi connectivity index (χ2v) is 13.7. The van der Waals surface area contributed by atoms with Crippen LogP contribution in [0, 0.1) is 0 Å². The summed E-state index contributed by atoms with van der Waals surface area (Å²) < 4.78 is 0. The van der Waals surface area contributed by atoms with Crippen molar-refractivity contribution in [3.63, 3.8) is 0 Å². The van der Waals surface area contributed by atoms with E-state index in [0.717, 1.165) is 0 Å². The molecule has 0 radical (unpaired) electrons. The van der Waals surface area contributed by atoms with Crippen LogP contribution in [0.1, 0.15) is 46.0 Å². The molecular formula is C20H29IP+. The lowest BCUT2D eigenvalue weighted by atomic mass is 10.2. The van der Waals surface area contributed by atoms with Gasteiger partial charge in [-0.25, -0.2) is 0 Å². The Morgan fingerprint density at radius 3 is 2.41 bits per heavy atom. The Morgan fingerprint density at radius 1 is 1.09 bits per heavy atom. The Morgan fingerprint density at radius 2 is 1.77 bits per heavy atom. The highest BCUT2D eigenvalue weighted by Crippen LogP contribution is 2.72. The molecule has 1 aromatic carbocycles. The third kappa shape index (κ3) is 6.38. The fourth-order valence-corrected chi connectivity index (χ4v) is 7.61. The summed E-state index contributed by atoms with van der Waals surface area (Å²) in [7, 11) is 0. The molecule has 0 nitrogen and oxygen atoms in total. The second-order valence-electron chi connectivity index (χ2n) is 5.62. The molecule has 0 heterocycles. The van der Waals surface area contributed by atoms with E-state index in [1.807, 2.05) is 12.2 Å². The van der Waals surface area contributed by atoms with Gasteiger partial charge in [-0.15, -0.1) is 0 Å². The molecule has 0 saturated heterocycles. The van der Waals surface area contributed by atoms with Crippen molar-refractivity contribution in [1.29, 1.82) is 0 Å². The van der Waals surface area contributed by atoms with E-state index >= 15 is 0 Å². The SMILES string of the molecule is C=C/C=C\C=C(/C)[P+](I)(CCCCCCC)c1ccccc1. The number of hydrogen-bond donors (Lipinski definition) is 0. The maximum absolute atomic E-state index is 3.75. The van der Waals surface area contributed by atoms with Gasteiger partial charge in [0.15, 0.2) is 22.0 Å². The van der Waals surface area contributed by atoms with Crippen LogP contribution in [-0.2, 0) is 0 Å². The van der Waals surface area contributed by atoms with Crippen LogP contribution >= 0.6 is 26.9 Å². The van der Waals surface area contributed by atoms with Gasteiger partial charge >= 0.3 is 0 Å². The molecule has 2 heteroatoms. The van der Waals surface area contributed by atoms with Crippen molar-refractivity contribution in [3.05, 3.63) is 66.5 Å². The van der Waals surface area contributed by atoms with Gasteiger partial charge in [-0.3, -0.25) is 0 Å². The first kappa shape index (κ1) is 19.6. The maximum Gasteiger partial charge on any atom is 0.166 e. The van der Waals surface area contributed by atoms with E-state index < -0.39 is 4.90 Å². The molecule has 0 fully saturated rings. The third-order valence-electron chi connectivity index (χ3n) is 3.88. The van der Waals surface area contributed by atoms with E-state index in [1.54, 1.807) is 0 Å². The maximum atomic E-state index is 3.75. The second kappa shape index (κ2) is 11.2. The zero-order valence-corrected chi connectivity index (χ0v) is 17.0. The van der Waals surface area contributed by atoms with Crippen LogP contribution in [0.3, 0.4) is 0 Å². The molecule has 1 aromatic rings. The molecule has 0 aliphatic heterocycles. The van der Waals surface area contributed by atoms with Gasteiger partial charge in [0.2, 0.25) is 0 Å². The molecule has 0 spiro atoms. The number of allylic oxidation sites excluding steroid dienone is 5. The van der Waals surface area contributed by atoms with Crippen molar-refractivity contribution < 1.29 is 0 Å². The van der Waals surface area contributed by atoms with Gasteiger partial charge in [-0.2, -0.15) is 0 Å². The summed E-state index contributed by atoms with van der Waals surface area (Å²) in [5.41, 5.74) is 0. The molecule has 0 aliphatic rings. The summed E-state index contributed by atoms with van der Waals surface area (Å²) in [5, 5.41) is 3.04. The zero-order valence-electron chi connectivity index (χ0n) is 14.0. The van der Waals surface area contributed by atoms with Gasteiger partial charge < -0.3 is 0 Å². The smallest absolute Gasteiger partial charge is 0.0991 e. The standard InChI is InChI=1S/C20H29IP/c1-4-6-8-9-14-18-22(21,19(3)15-11-7-5-2)20-16-12-10-13-17-20/h5,7,10-13,15-17H,2,4,6,8-9,14,18H2,1,3H3/q+1/b11-7-,19-15+. The van der Waals surface area contributed by atoms with E-state index in [9.17, 15) is 0 Å². The van der Waals surface area contributed by atoms with Crippen LogP contribution in [0.5, 0.6) is 0 Å². The van der Waals surface area contributed by atoms with Crippen LogP contribution in [-0.4, -0.2) is 6.16 Å². The lowest BCUT2D eigenvalue weighted by Gasteiger charge is -2.20. The van der Waals surface area contributed by atoms with Gasteiger partial charge in [0, 0.05) is 0 Å². The van der Waals surface area contributed by atoms with E-state index in [0.29, 0.717) is 0 Å². The highest BCUT2D eigenvalue weighted by Gasteiger charge is 2.39. The van der Waals surface area contributed by atoms with Crippen molar-refractivity contribution in [2.45, 2.75) is 46.0 Å². The lowest BCUT2D eigenvalue weighted by Crippen LogP contribution is -2.10. The quantitative estimate of drug-likeness (QED) is 0.159. The minimum absolute atomic E-state index is 1.26. The van der Waals surface area contributed by atoms with Crippen molar-refractivity contribution in [2.75, 3.05) is 6.16 Å². The molecule has 120 valence electrons. The van der Waals surface area contributed by atoms with Gasteiger partial charge in [0.25, 0.3) is 0 Å². The van der Waals surface area contributed by atoms with Crippen molar-refractivity contribution in [2.24, 2.45) is 0 Å².